The van der Waals surface area contributed by atoms with Gasteiger partial charge in [-0.25, -0.2) is 4.39 Å². The summed E-state index contributed by atoms with van der Waals surface area (Å²) in [7, 11) is 0. The third-order valence-electron chi connectivity index (χ3n) is 3.07. The second-order valence-electron chi connectivity index (χ2n) is 4.74. The predicted molar refractivity (Wildman–Crippen MR) is 76.5 cm³/mol. The normalized spacial score (nSPS) is 10.5. The molecule has 0 saturated heterocycles. The van der Waals surface area contributed by atoms with E-state index in [0.717, 1.165) is 25.7 Å². The summed E-state index contributed by atoms with van der Waals surface area (Å²) in [5.74, 6) is -0.760. The van der Waals surface area contributed by atoms with Crippen molar-refractivity contribution in [3.63, 3.8) is 0 Å². The molecular weight excluding hydrogens is 243 g/mol. The minimum absolute atomic E-state index is 0.0761. The number of nitrogens with two attached hydrogens (primary N) is 1. The van der Waals surface area contributed by atoms with Crippen LogP contribution in [0.3, 0.4) is 0 Å². The van der Waals surface area contributed by atoms with E-state index >= 15 is 0 Å². The summed E-state index contributed by atoms with van der Waals surface area (Å²) in [6, 6.07) is 4.14. The number of hydrogen-bond acceptors (Lipinski definition) is 2. The highest BCUT2D eigenvalue weighted by atomic mass is 19.1. The number of carbonyl (C=O) groups excluding carboxylic acids is 1. The molecule has 1 aromatic rings. The van der Waals surface area contributed by atoms with Crippen LogP contribution in [0.2, 0.25) is 0 Å². The Kier molecular flexibility index (Phi) is 6.33. The van der Waals surface area contributed by atoms with E-state index in [1.54, 1.807) is 4.90 Å². The van der Waals surface area contributed by atoms with Crippen LogP contribution in [0.5, 0.6) is 0 Å². The molecule has 0 bridgehead atoms. The van der Waals surface area contributed by atoms with Crippen LogP contribution in [0, 0.1) is 5.82 Å². The summed E-state index contributed by atoms with van der Waals surface area (Å²) >= 11 is 0. The van der Waals surface area contributed by atoms with Crippen molar-refractivity contribution in [2.75, 3.05) is 18.8 Å². The lowest BCUT2D eigenvalue weighted by atomic mass is 10.1. The maximum atomic E-state index is 13.7. The SMILES string of the molecule is CCCCN(CCCC)C(=O)c1cc(N)ccc1F. The summed E-state index contributed by atoms with van der Waals surface area (Å²) in [5.41, 5.74) is 6.12. The molecule has 0 aliphatic heterocycles. The van der Waals surface area contributed by atoms with E-state index in [-0.39, 0.29) is 11.5 Å². The van der Waals surface area contributed by atoms with Crippen LogP contribution in [0.1, 0.15) is 49.9 Å². The number of nitrogens with zero attached hydrogens (tertiary/aromatic N) is 1. The Bertz CT molecular complexity index is 413. The minimum atomic E-state index is -0.503. The Balaban J connectivity index is 2.87. The Morgan fingerprint density at radius 1 is 1.21 bits per heavy atom. The summed E-state index contributed by atoms with van der Waals surface area (Å²) in [6.07, 6.45) is 3.88. The highest BCUT2D eigenvalue weighted by Gasteiger charge is 2.18. The molecule has 0 aromatic heterocycles. The number of halogens is 1. The summed E-state index contributed by atoms with van der Waals surface area (Å²) in [4.78, 5) is 14.1. The maximum absolute atomic E-state index is 13.7. The third-order valence-corrected chi connectivity index (χ3v) is 3.07. The Morgan fingerprint density at radius 2 is 1.79 bits per heavy atom. The summed E-state index contributed by atoms with van der Waals surface area (Å²) in [6.45, 7) is 5.49. The fraction of sp³-hybridized carbons (Fsp3) is 0.533. The summed E-state index contributed by atoms with van der Waals surface area (Å²) < 4.78 is 13.7. The van der Waals surface area contributed by atoms with Crippen LogP contribution in [0.25, 0.3) is 0 Å². The van der Waals surface area contributed by atoms with Crippen molar-refractivity contribution in [1.29, 1.82) is 0 Å². The van der Waals surface area contributed by atoms with Gasteiger partial charge < -0.3 is 10.6 Å². The average Bonchev–Trinajstić information content (AvgIpc) is 2.41. The number of carbonyl (C=O) groups is 1. The standard InChI is InChI=1S/C15H23FN2O/c1-3-5-9-18(10-6-4-2)15(19)13-11-12(17)7-8-14(13)16/h7-8,11H,3-6,9-10,17H2,1-2H3. The fourth-order valence-corrected chi connectivity index (χ4v) is 1.89. The third kappa shape index (κ3) is 4.54. The zero-order valence-corrected chi connectivity index (χ0v) is 11.8. The molecule has 3 nitrogen and oxygen atoms in total. The van der Waals surface area contributed by atoms with E-state index < -0.39 is 5.82 Å². The van der Waals surface area contributed by atoms with Crippen LogP contribution >= 0.6 is 0 Å². The molecule has 2 N–H and O–H groups in total. The monoisotopic (exact) mass is 266 g/mol. The van der Waals surface area contributed by atoms with Gasteiger partial charge in [-0.05, 0) is 31.0 Å². The second-order valence-corrected chi connectivity index (χ2v) is 4.74. The van der Waals surface area contributed by atoms with Gasteiger partial charge in [0.2, 0.25) is 0 Å². The van der Waals surface area contributed by atoms with Crippen molar-refractivity contribution in [3.05, 3.63) is 29.6 Å². The van der Waals surface area contributed by atoms with Crippen LogP contribution in [0.4, 0.5) is 10.1 Å². The molecule has 1 rings (SSSR count). The zero-order valence-electron chi connectivity index (χ0n) is 11.8. The molecule has 0 radical (unpaired) electrons. The fourth-order valence-electron chi connectivity index (χ4n) is 1.89. The number of anilines is 1. The smallest absolute Gasteiger partial charge is 0.256 e. The predicted octanol–water partition coefficient (Wildman–Crippen LogP) is 3.45. The number of rotatable bonds is 7. The van der Waals surface area contributed by atoms with Crippen molar-refractivity contribution in [1.82, 2.24) is 4.90 Å². The van der Waals surface area contributed by atoms with Gasteiger partial charge in [0.25, 0.3) is 5.91 Å². The molecule has 1 amide bonds. The van der Waals surface area contributed by atoms with Gasteiger partial charge in [0, 0.05) is 18.8 Å². The first-order chi connectivity index (χ1) is 9.10. The number of amides is 1. The lowest BCUT2D eigenvalue weighted by molar-refractivity contribution is 0.0746. The average molecular weight is 266 g/mol. The molecule has 0 spiro atoms. The highest BCUT2D eigenvalue weighted by molar-refractivity contribution is 5.95. The molecule has 0 saturated carbocycles. The van der Waals surface area contributed by atoms with Crippen LogP contribution in [-0.4, -0.2) is 23.9 Å². The van der Waals surface area contributed by atoms with Gasteiger partial charge in [-0.15, -0.1) is 0 Å². The van der Waals surface area contributed by atoms with Gasteiger partial charge in [0.05, 0.1) is 5.56 Å². The van der Waals surface area contributed by atoms with Gasteiger partial charge in [-0.2, -0.15) is 0 Å². The topological polar surface area (TPSA) is 46.3 Å². The lowest BCUT2D eigenvalue weighted by Crippen LogP contribution is -2.33. The molecule has 4 heteroatoms. The van der Waals surface area contributed by atoms with Crippen LogP contribution in [-0.2, 0) is 0 Å². The second kappa shape index (κ2) is 7.77. The Labute approximate surface area is 114 Å². The molecule has 19 heavy (non-hydrogen) atoms. The summed E-state index contributed by atoms with van der Waals surface area (Å²) in [5, 5.41) is 0. The maximum Gasteiger partial charge on any atom is 0.256 e. The van der Waals surface area contributed by atoms with Gasteiger partial charge in [0.1, 0.15) is 5.82 Å². The first kappa shape index (κ1) is 15.5. The molecule has 106 valence electrons. The van der Waals surface area contributed by atoms with Gasteiger partial charge in [-0.3, -0.25) is 4.79 Å². The highest BCUT2D eigenvalue weighted by Crippen LogP contribution is 2.15. The quantitative estimate of drug-likeness (QED) is 0.768. The van der Waals surface area contributed by atoms with Gasteiger partial charge in [0.15, 0.2) is 0 Å². The molecule has 0 fully saturated rings. The largest absolute Gasteiger partial charge is 0.399 e. The molecule has 0 atom stereocenters. The van der Waals surface area contributed by atoms with E-state index in [9.17, 15) is 9.18 Å². The number of unbranched alkanes of at least 4 members (excludes halogenated alkanes) is 2. The number of nitrogen functional groups attached to an aromatic ring is 1. The van der Waals surface area contributed by atoms with Crippen LogP contribution < -0.4 is 5.73 Å². The van der Waals surface area contributed by atoms with Crippen molar-refractivity contribution in [2.45, 2.75) is 39.5 Å². The Hall–Kier alpha value is -1.58. The molecule has 0 aliphatic carbocycles. The van der Waals surface area contributed by atoms with Crippen molar-refractivity contribution < 1.29 is 9.18 Å². The molecule has 1 aromatic carbocycles. The Morgan fingerprint density at radius 3 is 2.32 bits per heavy atom. The van der Waals surface area contributed by atoms with Crippen molar-refractivity contribution >= 4 is 11.6 Å². The zero-order chi connectivity index (χ0) is 14.3. The van der Waals surface area contributed by atoms with Crippen molar-refractivity contribution in [2.24, 2.45) is 0 Å². The first-order valence-corrected chi connectivity index (χ1v) is 6.94. The minimum Gasteiger partial charge on any atom is -0.399 e. The van der Waals surface area contributed by atoms with E-state index in [0.29, 0.717) is 18.8 Å². The van der Waals surface area contributed by atoms with Crippen molar-refractivity contribution in [3.8, 4) is 0 Å². The van der Waals surface area contributed by atoms with Gasteiger partial charge >= 0.3 is 0 Å². The van der Waals surface area contributed by atoms with Crippen LogP contribution in [0.15, 0.2) is 18.2 Å². The molecule has 0 unspecified atom stereocenters. The first-order valence-electron chi connectivity index (χ1n) is 6.94. The lowest BCUT2D eigenvalue weighted by Gasteiger charge is -2.22. The van der Waals surface area contributed by atoms with E-state index in [1.807, 2.05) is 0 Å². The van der Waals surface area contributed by atoms with E-state index in [4.69, 9.17) is 5.73 Å². The van der Waals surface area contributed by atoms with E-state index in [2.05, 4.69) is 13.8 Å². The van der Waals surface area contributed by atoms with Gasteiger partial charge in [-0.1, -0.05) is 26.7 Å². The van der Waals surface area contributed by atoms with E-state index in [1.165, 1.54) is 18.2 Å². The molecular formula is C15H23FN2O. The number of hydrogen-bond donors (Lipinski definition) is 1. The molecule has 0 aliphatic rings. The number of benzene rings is 1. The molecule has 0 heterocycles.